The number of phenolic OH excluding ortho intramolecular Hbond substituents is 1. The third-order valence-corrected chi connectivity index (χ3v) is 4.25. The number of rotatable bonds is 4. The zero-order chi connectivity index (χ0) is 11.4. The average molecular weight is 237 g/mol. The normalized spacial score (nSPS) is 22.2. The van der Waals surface area contributed by atoms with Gasteiger partial charge in [-0.15, -0.1) is 0 Å². The molecule has 0 aliphatic carbocycles. The lowest BCUT2D eigenvalue weighted by Gasteiger charge is -2.22. The number of para-hydroxylation sites is 1. The monoisotopic (exact) mass is 237 g/mol. The van der Waals surface area contributed by atoms with Crippen LogP contribution in [0.4, 0.5) is 0 Å². The lowest BCUT2D eigenvalue weighted by atomic mass is 10.0. The molecule has 0 saturated carbocycles. The first kappa shape index (κ1) is 11.8. The van der Waals surface area contributed by atoms with Gasteiger partial charge in [-0.2, -0.15) is 11.8 Å². The maximum atomic E-state index is 9.84. The summed E-state index contributed by atoms with van der Waals surface area (Å²) in [4.78, 5) is 0. The van der Waals surface area contributed by atoms with Crippen LogP contribution in [0.5, 0.6) is 5.75 Å². The lowest BCUT2D eigenvalue weighted by Crippen LogP contribution is -2.32. The molecular formula is C13H19NOS. The van der Waals surface area contributed by atoms with Gasteiger partial charge in [0.2, 0.25) is 0 Å². The van der Waals surface area contributed by atoms with E-state index in [1.807, 2.05) is 30.0 Å². The van der Waals surface area contributed by atoms with Crippen LogP contribution in [-0.2, 0) is 0 Å². The number of aromatic hydroxyl groups is 1. The molecule has 16 heavy (non-hydrogen) atoms. The Balaban J connectivity index is 2.06. The van der Waals surface area contributed by atoms with Crippen molar-refractivity contribution in [3.05, 3.63) is 29.8 Å². The van der Waals surface area contributed by atoms with E-state index < -0.39 is 0 Å². The molecule has 1 saturated heterocycles. The Morgan fingerprint density at radius 2 is 2.31 bits per heavy atom. The molecule has 2 atom stereocenters. The van der Waals surface area contributed by atoms with Gasteiger partial charge in [-0.3, -0.25) is 0 Å². The van der Waals surface area contributed by atoms with Crippen molar-refractivity contribution in [3.63, 3.8) is 0 Å². The molecule has 1 fully saturated rings. The molecule has 1 heterocycles. The molecule has 88 valence electrons. The Bertz CT molecular complexity index is 336. The molecule has 2 unspecified atom stereocenters. The van der Waals surface area contributed by atoms with Crippen LogP contribution in [0.3, 0.4) is 0 Å². The molecule has 2 rings (SSSR count). The summed E-state index contributed by atoms with van der Waals surface area (Å²) in [5, 5.41) is 13.5. The van der Waals surface area contributed by atoms with Crippen LogP contribution in [0.25, 0.3) is 0 Å². The molecule has 0 radical (unpaired) electrons. The van der Waals surface area contributed by atoms with Gasteiger partial charge in [0.05, 0.1) is 0 Å². The van der Waals surface area contributed by atoms with Gasteiger partial charge in [-0.25, -0.2) is 0 Å². The second-order valence-corrected chi connectivity index (χ2v) is 5.40. The summed E-state index contributed by atoms with van der Waals surface area (Å²) in [7, 11) is 0. The lowest BCUT2D eigenvalue weighted by molar-refractivity contribution is 0.417. The quantitative estimate of drug-likeness (QED) is 0.844. The largest absolute Gasteiger partial charge is 0.508 e. The second kappa shape index (κ2) is 5.60. The van der Waals surface area contributed by atoms with Crippen molar-refractivity contribution in [1.82, 2.24) is 5.32 Å². The average Bonchev–Trinajstić information content (AvgIpc) is 2.80. The molecule has 3 heteroatoms. The summed E-state index contributed by atoms with van der Waals surface area (Å²) in [6, 6.07) is 8.53. The smallest absolute Gasteiger partial charge is 0.120 e. The first-order chi connectivity index (χ1) is 7.81. The number of nitrogens with one attached hydrogen (secondary N) is 1. The fourth-order valence-corrected chi connectivity index (χ4v) is 3.33. The van der Waals surface area contributed by atoms with Crippen molar-refractivity contribution in [2.45, 2.75) is 31.8 Å². The van der Waals surface area contributed by atoms with Gasteiger partial charge in [0.15, 0.2) is 0 Å². The van der Waals surface area contributed by atoms with E-state index in [1.165, 1.54) is 17.9 Å². The van der Waals surface area contributed by atoms with Crippen molar-refractivity contribution >= 4 is 11.8 Å². The molecule has 0 amide bonds. The van der Waals surface area contributed by atoms with Crippen LogP contribution in [0, 0.1) is 0 Å². The van der Waals surface area contributed by atoms with Gasteiger partial charge in [0.1, 0.15) is 5.75 Å². The minimum Gasteiger partial charge on any atom is -0.508 e. The van der Waals surface area contributed by atoms with Crippen molar-refractivity contribution in [3.8, 4) is 5.75 Å². The highest BCUT2D eigenvalue weighted by Crippen LogP contribution is 2.28. The molecule has 1 aliphatic heterocycles. The summed E-state index contributed by atoms with van der Waals surface area (Å²) in [6.07, 6.45) is 2.26. The molecule has 2 N–H and O–H groups in total. The summed E-state index contributed by atoms with van der Waals surface area (Å²) >= 11 is 2.01. The highest BCUT2D eigenvalue weighted by Gasteiger charge is 2.20. The number of hydrogen-bond acceptors (Lipinski definition) is 3. The zero-order valence-corrected chi connectivity index (χ0v) is 10.5. The van der Waals surface area contributed by atoms with Crippen molar-refractivity contribution in [2.75, 3.05) is 11.5 Å². The maximum Gasteiger partial charge on any atom is 0.120 e. The highest BCUT2D eigenvalue weighted by atomic mass is 32.2. The third kappa shape index (κ3) is 2.71. The molecule has 1 aromatic carbocycles. The van der Waals surface area contributed by atoms with Gasteiger partial charge in [-0.05, 0) is 24.7 Å². The second-order valence-electron chi connectivity index (χ2n) is 4.25. The number of phenols is 1. The summed E-state index contributed by atoms with van der Waals surface area (Å²) in [6.45, 7) is 2.16. The topological polar surface area (TPSA) is 32.3 Å². The molecule has 0 bridgehead atoms. The van der Waals surface area contributed by atoms with Crippen molar-refractivity contribution in [1.29, 1.82) is 0 Å². The molecule has 2 nitrogen and oxygen atoms in total. The third-order valence-electron chi connectivity index (χ3n) is 3.09. The summed E-state index contributed by atoms with van der Waals surface area (Å²) < 4.78 is 0. The van der Waals surface area contributed by atoms with Gasteiger partial charge in [0, 0.05) is 23.4 Å². The standard InChI is InChI=1S/C13H19NOS/c1-2-12(14-10-7-8-16-9-10)11-5-3-4-6-13(11)15/h3-6,10,12,14-15H,2,7-9H2,1H3. The van der Waals surface area contributed by atoms with E-state index in [4.69, 9.17) is 0 Å². The predicted octanol–water partition coefficient (Wildman–Crippen LogP) is 2.94. The minimum atomic E-state index is 0.282. The fourth-order valence-electron chi connectivity index (χ4n) is 2.16. The first-order valence-corrected chi connectivity index (χ1v) is 7.08. The Hall–Kier alpha value is -0.670. The number of thioether (sulfide) groups is 1. The molecular weight excluding hydrogens is 218 g/mol. The van der Waals surface area contributed by atoms with E-state index in [9.17, 15) is 5.11 Å². The molecule has 1 aliphatic rings. The Labute approximate surface area is 101 Å². The van der Waals surface area contributed by atoms with Gasteiger partial charge >= 0.3 is 0 Å². The molecule has 1 aromatic rings. The summed E-state index contributed by atoms with van der Waals surface area (Å²) in [5.41, 5.74) is 1.03. The van der Waals surface area contributed by atoms with Crippen LogP contribution >= 0.6 is 11.8 Å². The molecule has 0 aromatic heterocycles. The van der Waals surface area contributed by atoms with E-state index in [-0.39, 0.29) is 6.04 Å². The first-order valence-electron chi connectivity index (χ1n) is 5.93. The van der Waals surface area contributed by atoms with Gasteiger partial charge in [-0.1, -0.05) is 25.1 Å². The van der Waals surface area contributed by atoms with Crippen molar-refractivity contribution < 1.29 is 5.11 Å². The van der Waals surface area contributed by atoms with Gasteiger partial charge in [0.25, 0.3) is 0 Å². The van der Waals surface area contributed by atoms with Gasteiger partial charge < -0.3 is 10.4 Å². The predicted molar refractivity (Wildman–Crippen MR) is 70.0 cm³/mol. The Kier molecular flexibility index (Phi) is 4.13. The van der Waals surface area contributed by atoms with E-state index in [2.05, 4.69) is 12.2 Å². The van der Waals surface area contributed by atoms with Crippen LogP contribution in [0.15, 0.2) is 24.3 Å². The minimum absolute atomic E-state index is 0.282. The Morgan fingerprint density at radius 1 is 1.50 bits per heavy atom. The van der Waals surface area contributed by atoms with Crippen molar-refractivity contribution in [2.24, 2.45) is 0 Å². The SMILES string of the molecule is CCC(NC1CCSC1)c1ccccc1O. The van der Waals surface area contributed by atoms with E-state index in [0.717, 1.165) is 12.0 Å². The highest BCUT2D eigenvalue weighted by molar-refractivity contribution is 7.99. The number of hydrogen-bond donors (Lipinski definition) is 2. The Morgan fingerprint density at radius 3 is 2.94 bits per heavy atom. The van der Waals surface area contributed by atoms with E-state index >= 15 is 0 Å². The summed E-state index contributed by atoms with van der Waals surface area (Å²) in [5.74, 6) is 2.87. The van der Waals surface area contributed by atoms with Crippen LogP contribution < -0.4 is 5.32 Å². The van der Waals surface area contributed by atoms with Crippen LogP contribution in [0.2, 0.25) is 0 Å². The fraction of sp³-hybridized carbons (Fsp3) is 0.538. The van der Waals surface area contributed by atoms with E-state index in [0.29, 0.717) is 11.8 Å². The maximum absolute atomic E-state index is 9.84. The number of benzene rings is 1. The zero-order valence-electron chi connectivity index (χ0n) is 9.65. The van der Waals surface area contributed by atoms with E-state index in [1.54, 1.807) is 6.07 Å². The van der Waals surface area contributed by atoms with Crippen LogP contribution in [0.1, 0.15) is 31.4 Å². The molecule has 0 spiro atoms. The van der Waals surface area contributed by atoms with Crippen LogP contribution in [-0.4, -0.2) is 22.7 Å².